The molecule has 1 unspecified atom stereocenters. The van der Waals surface area contributed by atoms with E-state index >= 15 is 0 Å². The van der Waals surface area contributed by atoms with Crippen LogP contribution >= 0.6 is 0 Å². The molecule has 0 bridgehead atoms. The van der Waals surface area contributed by atoms with Gasteiger partial charge in [0.2, 0.25) is 0 Å². The first-order valence-electron chi connectivity index (χ1n) is 3.41. The zero-order valence-electron chi connectivity index (χ0n) is 6.41. The molecule has 3 heteroatoms. The standard InChI is InChI=1S/C8H12N2O/c1-5-2-3-6(8(10)11)7(9)4-5/h2-4,8,11H,9-10H2,1H3. The molecule has 1 atom stereocenters. The fraction of sp³-hybridized carbons (Fsp3) is 0.250. The predicted molar refractivity (Wildman–Crippen MR) is 44.7 cm³/mol. The minimum atomic E-state index is -0.976. The summed E-state index contributed by atoms with van der Waals surface area (Å²) in [6, 6.07) is 5.38. The Hall–Kier alpha value is -1.06. The summed E-state index contributed by atoms with van der Waals surface area (Å²) in [5.41, 5.74) is 13.0. The first kappa shape index (κ1) is 8.04. The van der Waals surface area contributed by atoms with E-state index in [-0.39, 0.29) is 0 Å². The molecule has 11 heavy (non-hydrogen) atoms. The van der Waals surface area contributed by atoms with Gasteiger partial charge in [-0.15, -0.1) is 0 Å². The van der Waals surface area contributed by atoms with E-state index in [4.69, 9.17) is 16.6 Å². The van der Waals surface area contributed by atoms with Crippen LogP contribution in [0.2, 0.25) is 0 Å². The van der Waals surface area contributed by atoms with E-state index in [1.807, 2.05) is 13.0 Å². The molecular formula is C8H12N2O. The van der Waals surface area contributed by atoms with E-state index in [1.165, 1.54) is 0 Å². The van der Waals surface area contributed by atoms with Crippen molar-refractivity contribution >= 4 is 5.69 Å². The van der Waals surface area contributed by atoms with Gasteiger partial charge in [0.15, 0.2) is 0 Å². The summed E-state index contributed by atoms with van der Waals surface area (Å²) in [6.07, 6.45) is -0.976. The Morgan fingerprint density at radius 1 is 1.45 bits per heavy atom. The number of rotatable bonds is 1. The topological polar surface area (TPSA) is 72.3 Å². The van der Waals surface area contributed by atoms with Gasteiger partial charge >= 0.3 is 0 Å². The SMILES string of the molecule is Cc1ccc(C(N)O)c(N)c1. The zero-order chi connectivity index (χ0) is 8.43. The van der Waals surface area contributed by atoms with Gasteiger partial charge in [-0.2, -0.15) is 0 Å². The molecule has 0 spiro atoms. The molecule has 0 fully saturated rings. The van der Waals surface area contributed by atoms with Crippen LogP contribution < -0.4 is 11.5 Å². The Morgan fingerprint density at radius 3 is 2.55 bits per heavy atom. The molecule has 3 nitrogen and oxygen atoms in total. The van der Waals surface area contributed by atoms with Gasteiger partial charge in [-0.05, 0) is 18.6 Å². The van der Waals surface area contributed by atoms with Crippen LogP contribution in [0.25, 0.3) is 0 Å². The quantitative estimate of drug-likeness (QED) is 0.406. The van der Waals surface area contributed by atoms with Gasteiger partial charge in [-0.3, -0.25) is 0 Å². The van der Waals surface area contributed by atoms with Gasteiger partial charge in [0, 0.05) is 11.3 Å². The molecule has 0 heterocycles. The van der Waals surface area contributed by atoms with Crippen LogP contribution in [0.15, 0.2) is 18.2 Å². The van der Waals surface area contributed by atoms with E-state index in [0.717, 1.165) is 5.56 Å². The van der Waals surface area contributed by atoms with Gasteiger partial charge in [-0.1, -0.05) is 12.1 Å². The summed E-state index contributed by atoms with van der Waals surface area (Å²) in [5, 5.41) is 8.99. The highest BCUT2D eigenvalue weighted by molar-refractivity contribution is 5.49. The monoisotopic (exact) mass is 152 g/mol. The van der Waals surface area contributed by atoms with Crippen molar-refractivity contribution in [3.05, 3.63) is 29.3 Å². The molecule has 0 aliphatic rings. The molecule has 0 saturated carbocycles. The molecule has 1 aromatic rings. The lowest BCUT2D eigenvalue weighted by atomic mass is 10.1. The second-order valence-corrected chi connectivity index (χ2v) is 2.58. The number of aliphatic hydroxyl groups is 1. The van der Waals surface area contributed by atoms with E-state index in [9.17, 15) is 0 Å². The average molecular weight is 152 g/mol. The first-order chi connectivity index (χ1) is 5.11. The lowest BCUT2D eigenvalue weighted by molar-refractivity contribution is 0.187. The maximum Gasteiger partial charge on any atom is 0.130 e. The molecule has 1 aromatic carbocycles. The van der Waals surface area contributed by atoms with Gasteiger partial charge < -0.3 is 16.6 Å². The summed E-state index contributed by atoms with van der Waals surface area (Å²) in [5.74, 6) is 0. The Bertz CT molecular complexity index is 258. The molecule has 0 radical (unpaired) electrons. The van der Waals surface area contributed by atoms with Crippen molar-refractivity contribution in [2.45, 2.75) is 13.2 Å². The molecule has 0 saturated heterocycles. The minimum Gasteiger partial charge on any atom is -0.398 e. The largest absolute Gasteiger partial charge is 0.398 e. The van der Waals surface area contributed by atoms with E-state index in [0.29, 0.717) is 11.3 Å². The van der Waals surface area contributed by atoms with Crippen LogP contribution in [-0.4, -0.2) is 5.11 Å². The van der Waals surface area contributed by atoms with Crippen LogP contribution in [0, 0.1) is 6.92 Å². The fourth-order valence-corrected chi connectivity index (χ4v) is 0.964. The van der Waals surface area contributed by atoms with Crippen LogP contribution in [0.3, 0.4) is 0 Å². The normalized spacial score (nSPS) is 13.0. The van der Waals surface area contributed by atoms with Crippen molar-refractivity contribution in [2.24, 2.45) is 5.73 Å². The highest BCUT2D eigenvalue weighted by atomic mass is 16.3. The molecule has 0 aromatic heterocycles. The third-order valence-electron chi connectivity index (χ3n) is 1.56. The molecule has 0 amide bonds. The molecule has 0 aliphatic carbocycles. The number of hydrogen-bond donors (Lipinski definition) is 3. The number of benzene rings is 1. The Labute approximate surface area is 65.6 Å². The number of anilines is 1. The number of aryl methyl sites for hydroxylation is 1. The van der Waals surface area contributed by atoms with Gasteiger partial charge in [0.25, 0.3) is 0 Å². The second-order valence-electron chi connectivity index (χ2n) is 2.58. The summed E-state index contributed by atoms with van der Waals surface area (Å²) in [6.45, 7) is 1.93. The Kier molecular flexibility index (Phi) is 2.12. The third kappa shape index (κ3) is 1.69. The highest BCUT2D eigenvalue weighted by Gasteiger charge is 2.04. The van der Waals surface area contributed by atoms with Crippen LogP contribution in [0.5, 0.6) is 0 Å². The number of aliphatic hydroxyl groups excluding tert-OH is 1. The average Bonchev–Trinajstić information content (AvgIpc) is 1.85. The number of nitrogen functional groups attached to an aromatic ring is 1. The molecule has 0 aliphatic heterocycles. The molecular weight excluding hydrogens is 140 g/mol. The smallest absolute Gasteiger partial charge is 0.130 e. The summed E-state index contributed by atoms with van der Waals surface area (Å²) >= 11 is 0. The molecule has 60 valence electrons. The van der Waals surface area contributed by atoms with Crippen molar-refractivity contribution in [3.8, 4) is 0 Å². The summed E-state index contributed by atoms with van der Waals surface area (Å²) < 4.78 is 0. The van der Waals surface area contributed by atoms with Crippen molar-refractivity contribution in [1.82, 2.24) is 0 Å². The van der Waals surface area contributed by atoms with Crippen molar-refractivity contribution in [3.63, 3.8) is 0 Å². The number of nitrogens with two attached hydrogens (primary N) is 2. The first-order valence-corrected chi connectivity index (χ1v) is 3.41. The van der Waals surface area contributed by atoms with Crippen molar-refractivity contribution in [1.29, 1.82) is 0 Å². The lowest BCUT2D eigenvalue weighted by Gasteiger charge is -2.08. The Morgan fingerprint density at radius 2 is 2.09 bits per heavy atom. The van der Waals surface area contributed by atoms with Gasteiger partial charge in [0.05, 0.1) is 0 Å². The maximum absolute atomic E-state index is 8.99. The summed E-state index contributed by atoms with van der Waals surface area (Å²) in [7, 11) is 0. The summed E-state index contributed by atoms with van der Waals surface area (Å²) in [4.78, 5) is 0. The van der Waals surface area contributed by atoms with Crippen LogP contribution in [-0.2, 0) is 0 Å². The highest BCUT2D eigenvalue weighted by Crippen LogP contribution is 2.17. The van der Waals surface area contributed by atoms with E-state index in [1.54, 1.807) is 12.1 Å². The maximum atomic E-state index is 8.99. The van der Waals surface area contributed by atoms with E-state index < -0.39 is 6.23 Å². The van der Waals surface area contributed by atoms with Gasteiger partial charge in [-0.25, -0.2) is 0 Å². The second kappa shape index (κ2) is 2.90. The third-order valence-corrected chi connectivity index (χ3v) is 1.56. The Balaban J connectivity index is 3.09. The minimum absolute atomic E-state index is 0.542. The molecule has 1 rings (SSSR count). The molecule has 5 N–H and O–H groups in total. The zero-order valence-corrected chi connectivity index (χ0v) is 6.41. The van der Waals surface area contributed by atoms with Crippen molar-refractivity contribution < 1.29 is 5.11 Å². The van der Waals surface area contributed by atoms with E-state index in [2.05, 4.69) is 0 Å². The lowest BCUT2D eigenvalue weighted by Crippen LogP contribution is -2.10. The fourth-order valence-electron chi connectivity index (χ4n) is 0.964. The number of hydrogen-bond acceptors (Lipinski definition) is 3. The predicted octanol–water partition coefficient (Wildman–Crippen LogP) is 0.527. The van der Waals surface area contributed by atoms with Crippen molar-refractivity contribution in [2.75, 3.05) is 5.73 Å². The van der Waals surface area contributed by atoms with Gasteiger partial charge in [0.1, 0.15) is 6.23 Å². The van der Waals surface area contributed by atoms with Crippen LogP contribution in [0.4, 0.5) is 5.69 Å². The van der Waals surface area contributed by atoms with Crippen LogP contribution in [0.1, 0.15) is 17.4 Å².